The third-order valence-electron chi connectivity index (χ3n) is 6.30. The number of nitrogens with one attached hydrogen (secondary N) is 1. The first-order valence-electron chi connectivity index (χ1n) is 11.6. The summed E-state index contributed by atoms with van der Waals surface area (Å²) >= 11 is 6.18. The SMILES string of the molecule is O=C(Nc1cc(Cl)ccc1Oc1ccccc1)C1CC(=O)N(c2ccc(N3CCCC3)cc2)C1. The molecule has 2 saturated heterocycles. The highest BCUT2D eigenvalue weighted by molar-refractivity contribution is 6.31. The summed E-state index contributed by atoms with van der Waals surface area (Å²) in [5.41, 5.74) is 2.47. The van der Waals surface area contributed by atoms with Gasteiger partial charge < -0.3 is 19.9 Å². The third-order valence-corrected chi connectivity index (χ3v) is 6.53. The minimum absolute atomic E-state index is 0.0547. The van der Waals surface area contributed by atoms with Crippen LogP contribution >= 0.6 is 11.6 Å². The van der Waals surface area contributed by atoms with Gasteiger partial charge in [-0.3, -0.25) is 9.59 Å². The van der Waals surface area contributed by atoms with Gasteiger partial charge in [-0.1, -0.05) is 29.8 Å². The average Bonchev–Trinajstić information content (AvgIpc) is 3.52. The van der Waals surface area contributed by atoms with E-state index in [2.05, 4.69) is 22.3 Å². The van der Waals surface area contributed by atoms with Crippen LogP contribution < -0.4 is 19.9 Å². The number of halogens is 1. The molecule has 0 saturated carbocycles. The maximum absolute atomic E-state index is 13.1. The predicted molar refractivity (Wildman–Crippen MR) is 135 cm³/mol. The summed E-state index contributed by atoms with van der Waals surface area (Å²) in [6, 6.07) is 22.5. The molecule has 2 aliphatic heterocycles. The van der Waals surface area contributed by atoms with Gasteiger partial charge >= 0.3 is 0 Å². The van der Waals surface area contributed by atoms with Crippen molar-refractivity contribution >= 4 is 40.5 Å². The van der Waals surface area contributed by atoms with Gasteiger partial charge in [0, 0.05) is 42.5 Å². The Hall–Kier alpha value is -3.51. The molecule has 0 radical (unpaired) electrons. The lowest BCUT2D eigenvalue weighted by Gasteiger charge is -2.21. The Morgan fingerprint density at radius 3 is 2.38 bits per heavy atom. The van der Waals surface area contributed by atoms with Gasteiger partial charge in [-0.15, -0.1) is 0 Å². The zero-order chi connectivity index (χ0) is 23.5. The van der Waals surface area contributed by atoms with E-state index in [-0.39, 0.29) is 18.2 Å². The molecule has 2 aliphatic rings. The third kappa shape index (κ3) is 4.87. The monoisotopic (exact) mass is 475 g/mol. The Morgan fingerprint density at radius 1 is 0.941 bits per heavy atom. The molecule has 34 heavy (non-hydrogen) atoms. The zero-order valence-corrected chi connectivity index (χ0v) is 19.5. The molecule has 5 rings (SSSR count). The smallest absolute Gasteiger partial charge is 0.229 e. The van der Waals surface area contributed by atoms with E-state index < -0.39 is 5.92 Å². The molecule has 1 unspecified atom stereocenters. The first-order chi connectivity index (χ1) is 16.6. The molecular weight excluding hydrogens is 450 g/mol. The van der Waals surface area contributed by atoms with Crippen molar-refractivity contribution < 1.29 is 14.3 Å². The van der Waals surface area contributed by atoms with Crippen molar-refractivity contribution in [1.29, 1.82) is 0 Å². The molecule has 2 fully saturated rings. The quantitative estimate of drug-likeness (QED) is 0.495. The van der Waals surface area contributed by atoms with Crippen LogP contribution in [0.25, 0.3) is 0 Å². The zero-order valence-electron chi connectivity index (χ0n) is 18.7. The molecule has 3 aromatic carbocycles. The molecule has 1 N–H and O–H groups in total. The topological polar surface area (TPSA) is 61.9 Å². The van der Waals surface area contributed by atoms with E-state index in [9.17, 15) is 9.59 Å². The fourth-order valence-corrected chi connectivity index (χ4v) is 4.66. The summed E-state index contributed by atoms with van der Waals surface area (Å²) < 4.78 is 5.94. The Balaban J connectivity index is 1.27. The van der Waals surface area contributed by atoms with Gasteiger partial charge in [0.15, 0.2) is 5.75 Å². The summed E-state index contributed by atoms with van der Waals surface area (Å²) in [5.74, 6) is 0.391. The lowest BCUT2D eigenvalue weighted by Crippen LogP contribution is -2.28. The second-order valence-corrected chi connectivity index (χ2v) is 9.10. The van der Waals surface area contributed by atoms with Crippen molar-refractivity contribution in [3.63, 3.8) is 0 Å². The van der Waals surface area contributed by atoms with Gasteiger partial charge in [-0.25, -0.2) is 0 Å². The molecule has 0 bridgehead atoms. The van der Waals surface area contributed by atoms with Crippen LogP contribution in [0.15, 0.2) is 72.8 Å². The van der Waals surface area contributed by atoms with Crippen LogP contribution in [0.2, 0.25) is 5.02 Å². The standard InChI is InChI=1S/C27H26ClN3O3/c28-20-8-13-25(34-23-6-2-1-3-7-23)24(17-20)29-27(33)19-16-26(32)31(18-19)22-11-9-21(10-12-22)30-14-4-5-15-30/h1-3,6-13,17,19H,4-5,14-16,18H2,(H,29,33). The van der Waals surface area contributed by atoms with Crippen molar-refractivity contribution in [3.05, 3.63) is 77.8 Å². The number of carbonyl (C=O) groups is 2. The molecule has 0 aromatic heterocycles. The second-order valence-electron chi connectivity index (χ2n) is 8.66. The maximum atomic E-state index is 13.1. The van der Waals surface area contributed by atoms with E-state index in [1.807, 2.05) is 42.5 Å². The normalized spacial score (nSPS) is 17.8. The van der Waals surface area contributed by atoms with Crippen LogP contribution in [0.3, 0.4) is 0 Å². The van der Waals surface area contributed by atoms with E-state index in [1.165, 1.54) is 18.5 Å². The summed E-state index contributed by atoms with van der Waals surface area (Å²) in [5, 5.41) is 3.40. The molecule has 6 nitrogen and oxygen atoms in total. The fourth-order valence-electron chi connectivity index (χ4n) is 4.49. The number of hydrogen-bond acceptors (Lipinski definition) is 4. The highest BCUT2D eigenvalue weighted by Gasteiger charge is 2.35. The first kappa shape index (κ1) is 22.3. The molecule has 2 amide bonds. The number of rotatable bonds is 6. The van der Waals surface area contributed by atoms with Crippen LogP contribution in [-0.4, -0.2) is 31.4 Å². The number of benzene rings is 3. The minimum atomic E-state index is -0.464. The van der Waals surface area contributed by atoms with E-state index >= 15 is 0 Å². The molecule has 2 heterocycles. The van der Waals surface area contributed by atoms with Gasteiger partial charge in [0.2, 0.25) is 11.8 Å². The number of nitrogens with zero attached hydrogens (tertiary/aromatic N) is 2. The first-order valence-corrected chi connectivity index (χ1v) is 11.9. The van der Waals surface area contributed by atoms with Crippen LogP contribution in [0.1, 0.15) is 19.3 Å². The van der Waals surface area contributed by atoms with Crippen LogP contribution in [0, 0.1) is 5.92 Å². The lowest BCUT2D eigenvalue weighted by molar-refractivity contribution is -0.122. The highest BCUT2D eigenvalue weighted by Crippen LogP contribution is 2.34. The van der Waals surface area contributed by atoms with Crippen molar-refractivity contribution in [2.24, 2.45) is 5.92 Å². The van der Waals surface area contributed by atoms with Crippen LogP contribution in [-0.2, 0) is 9.59 Å². The van der Waals surface area contributed by atoms with E-state index in [4.69, 9.17) is 16.3 Å². The van der Waals surface area contributed by atoms with Crippen molar-refractivity contribution in [1.82, 2.24) is 0 Å². The molecule has 174 valence electrons. The summed E-state index contributed by atoms with van der Waals surface area (Å²) in [6.07, 6.45) is 2.59. The van der Waals surface area contributed by atoms with Crippen LogP contribution in [0.4, 0.5) is 17.1 Å². The Bertz CT molecular complexity index is 1180. The summed E-state index contributed by atoms with van der Waals surface area (Å²) in [6.45, 7) is 2.48. The van der Waals surface area contributed by atoms with Crippen molar-refractivity contribution in [2.45, 2.75) is 19.3 Å². The number of carbonyl (C=O) groups excluding carboxylic acids is 2. The second kappa shape index (κ2) is 9.77. The Labute approximate surface area is 204 Å². The summed E-state index contributed by atoms with van der Waals surface area (Å²) in [4.78, 5) is 29.9. The Morgan fingerprint density at radius 2 is 1.65 bits per heavy atom. The van der Waals surface area contributed by atoms with Gasteiger partial charge in [0.1, 0.15) is 5.75 Å². The van der Waals surface area contributed by atoms with Gasteiger partial charge in [0.05, 0.1) is 11.6 Å². The van der Waals surface area contributed by atoms with Gasteiger partial charge in [-0.05, 0) is 67.4 Å². The largest absolute Gasteiger partial charge is 0.455 e. The van der Waals surface area contributed by atoms with Gasteiger partial charge in [0.25, 0.3) is 0 Å². The number of amides is 2. The minimum Gasteiger partial charge on any atom is -0.455 e. The van der Waals surface area contributed by atoms with Gasteiger partial charge in [-0.2, -0.15) is 0 Å². The highest BCUT2D eigenvalue weighted by atomic mass is 35.5. The lowest BCUT2D eigenvalue weighted by atomic mass is 10.1. The van der Waals surface area contributed by atoms with E-state index in [1.54, 1.807) is 23.1 Å². The molecule has 0 spiro atoms. The summed E-state index contributed by atoms with van der Waals surface area (Å²) in [7, 11) is 0. The predicted octanol–water partition coefficient (Wildman–Crippen LogP) is 5.72. The fraction of sp³-hybridized carbons (Fsp3) is 0.259. The van der Waals surface area contributed by atoms with E-state index in [0.29, 0.717) is 28.8 Å². The average molecular weight is 476 g/mol. The molecule has 0 aliphatic carbocycles. The molecule has 1 atom stereocenters. The van der Waals surface area contributed by atoms with Crippen molar-refractivity contribution in [2.75, 3.05) is 34.8 Å². The molecule has 3 aromatic rings. The molecule has 7 heteroatoms. The Kier molecular flexibility index (Phi) is 6.41. The number of hydrogen-bond donors (Lipinski definition) is 1. The van der Waals surface area contributed by atoms with Crippen molar-refractivity contribution in [3.8, 4) is 11.5 Å². The van der Waals surface area contributed by atoms with E-state index in [0.717, 1.165) is 18.8 Å². The number of anilines is 3. The maximum Gasteiger partial charge on any atom is 0.229 e. The van der Waals surface area contributed by atoms with Crippen LogP contribution in [0.5, 0.6) is 11.5 Å². The molecular formula is C27H26ClN3O3. The number of ether oxygens (including phenoxy) is 1. The number of para-hydroxylation sites is 1.